The van der Waals surface area contributed by atoms with Gasteiger partial charge in [0.15, 0.2) is 11.9 Å². The fourth-order valence-electron chi connectivity index (χ4n) is 4.75. The number of hydrogen-bond donors (Lipinski definition) is 14. The minimum atomic E-state index is -1.83. The van der Waals surface area contributed by atoms with E-state index in [1.165, 1.54) is 13.8 Å². The summed E-state index contributed by atoms with van der Waals surface area (Å²) in [6, 6.07) is -8.85. The lowest BCUT2D eigenvalue weighted by molar-refractivity contribution is -0.144. The summed E-state index contributed by atoms with van der Waals surface area (Å²) in [5, 5.41) is 40.9. The molecule has 55 heavy (non-hydrogen) atoms. The molecule has 24 heteroatoms. The topological polar surface area (TPSA) is 438 Å². The van der Waals surface area contributed by atoms with Crippen LogP contribution in [-0.4, -0.2) is 130 Å². The number of nitrogens with two attached hydrogens (primary N) is 6. The summed E-state index contributed by atoms with van der Waals surface area (Å²) in [6.45, 7) is 4.38. The van der Waals surface area contributed by atoms with Gasteiger partial charge in [-0.1, -0.05) is 13.8 Å². The van der Waals surface area contributed by atoms with Gasteiger partial charge in [-0.25, -0.2) is 4.79 Å². The molecule has 0 aliphatic heterocycles. The van der Waals surface area contributed by atoms with E-state index in [4.69, 9.17) is 34.4 Å². The molecule has 0 bridgehead atoms. The fourth-order valence-corrected chi connectivity index (χ4v) is 4.75. The van der Waals surface area contributed by atoms with Crippen LogP contribution in [0.2, 0.25) is 0 Å². The Balaban J connectivity index is 6.25. The molecule has 0 heterocycles. The van der Waals surface area contributed by atoms with Crippen molar-refractivity contribution in [2.75, 3.05) is 13.1 Å². The largest absolute Gasteiger partial charge is 0.481 e. The number of nitrogens with zero attached hydrogens (tertiary/aromatic N) is 2. The predicted molar refractivity (Wildman–Crippen MR) is 197 cm³/mol. The fraction of sp³-hybridized carbons (Fsp3) is 0.677. The van der Waals surface area contributed by atoms with E-state index in [-0.39, 0.29) is 50.7 Å². The van der Waals surface area contributed by atoms with Crippen LogP contribution in [0.15, 0.2) is 9.98 Å². The van der Waals surface area contributed by atoms with Crippen molar-refractivity contribution in [2.24, 2.45) is 50.3 Å². The molecule has 0 fully saturated rings. The lowest BCUT2D eigenvalue weighted by atomic mass is 10.0. The Morgan fingerprint density at radius 1 is 0.564 bits per heavy atom. The van der Waals surface area contributed by atoms with E-state index in [1.54, 1.807) is 0 Å². The van der Waals surface area contributed by atoms with Gasteiger partial charge in [0.05, 0.1) is 12.1 Å². The van der Waals surface area contributed by atoms with Gasteiger partial charge in [0.25, 0.3) is 0 Å². The molecule has 0 unspecified atom stereocenters. The van der Waals surface area contributed by atoms with Crippen molar-refractivity contribution in [2.45, 2.75) is 114 Å². The van der Waals surface area contributed by atoms with Crippen molar-refractivity contribution < 1.29 is 53.7 Å². The number of aliphatic hydroxyl groups excluding tert-OH is 1. The number of aliphatic imine (C=N–C) groups is 2. The highest BCUT2D eigenvalue weighted by molar-refractivity contribution is 5.97. The van der Waals surface area contributed by atoms with Crippen LogP contribution >= 0.6 is 0 Å². The summed E-state index contributed by atoms with van der Waals surface area (Å²) in [4.78, 5) is 109. The predicted octanol–water partition coefficient (Wildman–Crippen LogP) is -5.90. The summed E-state index contributed by atoms with van der Waals surface area (Å²) in [6.07, 6.45) is -3.10. The molecule has 0 aliphatic rings. The second-order valence-corrected chi connectivity index (χ2v) is 12.9. The Bertz CT molecular complexity index is 1400. The molecule has 20 N–H and O–H groups in total. The van der Waals surface area contributed by atoms with Gasteiger partial charge in [-0.3, -0.25) is 43.5 Å². The van der Waals surface area contributed by atoms with E-state index in [9.17, 15) is 53.7 Å². The highest BCUT2D eigenvalue weighted by atomic mass is 16.4. The number of amides is 6. The van der Waals surface area contributed by atoms with Crippen LogP contribution in [0.25, 0.3) is 0 Å². The third-order valence-electron chi connectivity index (χ3n) is 7.77. The number of carbonyl (C=O) groups excluding carboxylic acids is 6. The Morgan fingerprint density at radius 2 is 0.982 bits per heavy atom. The van der Waals surface area contributed by atoms with Gasteiger partial charge in [0, 0.05) is 25.9 Å². The molecule has 0 spiro atoms. The molecule has 0 aliphatic carbocycles. The molecule has 0 aromatic carbocycles. The van der Waals surface area contributed by atoms with Crippen molar-refractivity contribution >= 4 is 59.3 Å². The molecule has 0 saturated carbocycles. The molecule has 7 atom stereocenters. The van der Waals surface area contributed by atoms with E-state index in [1.807, 2.05) is 0 Å². The van der Waals surface area contributed by atoms with Gasteiger partial charge in [-0.15, -0.1) is 0 Å². The molecule has 24 nitrogen and oxygen atoms in total. The number of nitrogens with one attached hydrogen (secondary N) is 5. The summed E-state index contributed by atoms with van der Waals surface area (Å²) in [5.41, 5.74) is 32.5. The smallest absolute Gasteiger partial charge is 0.326 e. The van der Waals surface area contributed by atoms with Crippen molar-refractivity contribution in [3.63, 3.8) is 0 Å². The zero-order chi connectivity index (χ0) is 42.4. The molecular weight excluding hydrogens is 730 g/mol. The molecular formula is C31H57N13O11. The molecule has 6 amide bonds. The standard InChI is InChI=1S/C31H57N13O11/c1-14(2)22(29(54)55)43-26(51)18(8-10-20(33)46)42-28(53)23(15(3)45)44-27(52)19(9-11-21(47)48)41-25(50)17(7-5-13-39-31(36)37)40-24(49)16(32)6-4-12-38-30(34)35/h14-19,22-23,45H,4-13,32H2,1-3H3,(H2,33,46)(H,40,49)(H,41,50)(H,42,53)(H,43,51)(H,44,52)(H,47,48)(H,54,55)(H4,34,35,38)(H4,36,37,39)/t15-,16+,17+,18+,19+,22+,23+/m1/s1. The van der Waals surface area contributed by atoms with E-state index >= 15 is 0 Å². The number of primary amides is 1. The molecule has 0 radical (unpaired) electrons. The van der Waals surface area contributed by atoms with Crippen molar-refractivity contribution in [3.05, 3.63) is 0 Å². The van der Waals surface area contributed by atoms with Crippen LogP contribution in [0, 0.1) is 5.92 Å². The monoisotopic (exact) mass is 787 g/mol. The number of hydrogen-bond acceptors (Lipinski definition) is 12. The number of aliphatic carboxylic acids is 2. The van der Waals surface area contributed by atoms with E-state index < -0.39 is 115 Å². The average molecular weight is 788 g/mol. The van der Waals surface area contributed by atoms with Gasteiger partial charge in [-0.05, 0) is 51.4 Å². The number of carboxylic acid groups (broad SMARTS) is 2. The number of aliphatic hydroxyl groups is 1. The van der Waals surface area contributed by atoms with Gasteiger partial charge in [0.2, 0.25) is 35.4 Å². The first kappa shape index (κ1) is 49.2. The van der Waals surface area contributed by atoms with Crippen LogP contribution in [0.4, 0.5) is 0 Å². The lowest BCUT2D eigenvalue weighted by Crippen LogP contribution is -2.61. The molecule has 0 aromatic heterocycles. The summed E-state index contributed by atoms with van der Waals surface area (Å²) in [5.74, 6) is -9.53. The summed E-state index contributed by atoms with van der Waals surface area (Å²) < 4.78 is 0. The highest BCUT2D eigenvalue weighted by Crippen LogP contribution is 2.08. The van der Waals surface area contributed by atoms with E-state index in [2.05, 4.69) is 36.6 Å². The van der Waals surface area contributed by atoms with Gasteiger partial charge in [-0.2, -0.15) is 0 Å². The zero-order valence-corrected chi connectivity index (χ0v) is 31.2. The number of carboxylic acids is 2. The lowest BCUT2D eigenvalue weighted by Gasteiger charge is -2.28. The van der Waals surface area contributed by atoms with E-state index in [0.717, 1.165) is 6.92 Å². The number of guanidine groups is 2. The Labute approximate surface area is 317 Å². The summed E-state index contributed by atoms with van der Waals surface area (Å²) in [7, 11) is 0. The second kappa shape index (κ2) is 25.3. The maximum atomic E-state index is 13.5. The normalized spacial score (nSPS) is 14.7. The molecule has 0 rings (SSSR count). The maximum absolute atomic E-state index is 13.5. The van der Waals surface area contributed by atoms with Crippen LogP contribution in [0.3, 0.4) is 0 Å². The molecule has 312 valence electrons. The van der Waals surface area contributed by atoms with Crippen LogP contribution < -0.4 is 61.0 Å². The SMILES string of the molecule is CC(C)[C@H](NC(=O)[C@H](CCC(N)=O)NC(=O)[C@@H](NC(=O)[C@H](CCC(=O)O)NC(=O)[C@H](CCCN=C(N)N)NC(=O)[C@@H](N)CCCN=C(N)N)[C@@H](C)O)C(=O)O. The van der Waals surface area contributed by atoms with Crippen LogP contribution in [0.1, 0.15) is 72.1 Å². The first-order valence-corrected chi connectivity index (χ1v) is 17.4. The van der Waals surface area contributed by atoms with Crippen LogP contribution in [-0.2, 0) is 38.4 Å². The third-order valence-corrected chi connectivity index (χ3v) is 7.77. The highest BCUT2D eigenvalue weighted by Gasteiger charge is 2.35. The Morgan fingerprint density at radius 3 is 1.42 bits per heavy atom. The molecule has 0 saturated heterocycles. The van der Waals surface area contributed by atoms with Crippen molar-refractivity contribution in [1.29, 1.82) is 0 Å². The Hall–Kier alpha value is -5.78. The molecule has 0 aromatic rings. The third kappa shape index (κ3) is 20.9. The van der Waals surface area contributed by atoms with Gasteiger partial charge >= 0.3 is 11.9 Å². The van der Waals surface area contributed by atoms with Crippen molar-refractivity contribution in [1.82, 2.24) is 26.6 Å². The minimum absolute atomic E-state index is 0.0492. The van der Waals surface area contributed by atoms with Gasteiger partial charge < -0.3 is 76.3 Å². The second-order valence-electron chi connectivity index (χ2n) is 12.9. The first-order valence-electron chi connectivity index (χ1n) is 17.4. The number of carbonyl (C=O) groups is 8. The Kier molecular flexibility index (Phi) is 22.6. The quantitative estimate of drug-likeness (QED) is 0.0209. The maximum Gasteiger partial charge on any atom is 0.326 e. The average Bonchev–Trinajstić information content (AvgIpc) is 3.07. The summed E-state index contributed by atoms with van der Waals surface area (Å²) >= 11 is 0. The first-order chi connectivity index (χ1) is 25.6. The minimum Gasteiger partial charge on any atom is -0.481 e. The zero-order valence-electron chi connectivity index (χ0n) is 31.2. The number of rotatable bonds is 27. The van der Waals surface area contributed by atoms with E-state index in [0.29, 0.717) is 6.42 Å². The van der Waals surface area contributed by atoms with Crippen molar-refractivity contribution in [3.8, 4) is 0 Å². The van der Waals surface area contributed by atoms with Gasteiger partial charge in [0.1, 0.15) is 30.2 Å². The van der Waals surface area contributed by atoms with Crippen LogP contribution in [0.5, 0.6) is 0 Å².